The van der Waals surface area contributed by atoms with Crippen LogP contribution in [-0.2, 0) is 0 Å². The first-order chi connectivity index (χ1) is 13.6. The van der Waals surface area contributed by atoms with E-state index in [4.69, 9.17) is 4.42 Å². The highest BCUT2D eigenvalue weighted by Crippen LogP contribution is 2.38. The van der Waals surface area contributed by atoms with Gasteiger partial charge in [-0.2, -0.15) is 0 Å². The zero-order valence-electron chi connectivity index (χ0n) is 16.2. The van der Waals surface area contributed by atoms with Gasteiger partial charge in [-0.3, -0.25) is 0 Å². The van der Waals surface area contributed by atoms with Gasteiger partial charge in [0.1, 0.15) is 5.58 Å². The van der Waals surface area contributed by atoms with E-state index in [1.807, 2.05) is 19.1 Å². The second-order valence-corrected chi connectivity index (χ2v) is 7.48. The van der Waals surface area contributed by atoms with E-state index in [1.165, 1.54) is 10.8 Å². The number of hydrogen-bond donors (Lipinski definition) is 0. The monoisotopic (exact) mass is 364 g/mol. The van der Waals surface area contributed by atoms with Gasteiger partial charge in [-0.1, -0.05) is 60.7 Å². The summed E-state index contributed by atoms with van der Waals surface area (Å²) in [5, 5.41) is 5.08. The smallest absolute Gasteiger partial charge is 0.344 e. The van der Waals surface area contributed by atoms with Crippen LogP contribution in [0.15, 0.2) is 75.9 Å². The van der Waals surface area contributed by atoms with Gasteiger partial charge < -0.3 is 4.42 Å². The van der Waals surface area contributed by atoms with Crippen molar-refractivity contribution >= 4 is 32.5 Å². The summed E-state index contributed by atoms with van der Waals surface area (Å²) in [7, 11) is 0. The Kier molecular flexibility index (Phi) is 3.63. The lowest BCUT2D eigenvalue weighted by atomic mass is 9.90. The maximum Gasteiger partial charge on any atom is 0.344 e. The van der Waals surface area contributed by atoms with Gasteiger partial charge in [0.05, 0.1) is 5.39 Å². The van der Waals surface area contributed by atoms with Crippen LogP contribution in [-0.4, -0.2) is 0 Å². The molecule has 0 unspecified atom stereocenters. The molecule has 0 aliphatic carbocycles. The van der Waals surface area contributed by atoms with E-state index in [-0.39, 0.29) is 5.63 Å². The summed E-state index contributed by atoms with van der Waals surface area (Å²) in [5.41, 5.74) is 5.89. The van der Waals surface area contributed by atoms with E-state index in [1.54, 1.807) is 0 Å². The number of hydrogen-bond acceptors (Lipinski definition) is 2. The largest absolute Gasteiger partial charge is 0.422 e. The standard InChI is InChI=1S/C26H20O2/c1-15-8-6-13-21-23(15)24-16(2)14-22(17(3)25(24)28-26(21)27)20-12-7-10-18-9-4-5-11-19(18)20/h4-14H,1-3H3. The van der Waals surface area contributed by atoms with Crippen LogP contribution in [0.3, 0.4) is 0 Å². The molecule has 0 spiro atoms. The Morgan fingerprint density at radius 3 is 2.25 bits per heavy atom. The molecule has 0 bridgehead atoms. The molecule has 136 valence electrons. The summed E-state index contributed by atoms with van der Waals surface area (Å²) in [6, 6.07) is 22.8. The third kappa shape index (κ3) is 2.31. The highest BCUT2D eigenvalue weighted by atomic mass is 16.4. The lowest BCUT2D eigenvalue weighted by Gasteiger charge is -2.15. The topological polar surface area (TPSA) is 30.2 Å². The molecule has 28 heavy (non-hydrogen) atoms. The van der Waals surface area contributed by atoms with Crippen LogP contribution in [0.2, 0.25) is 0 Å². The molecule has 5 rings (SSSR count). The Morgan fingerprint density at radius 2 is 1.39 bits per heavy atom. The van der Waals surface area contributed by atoms with Crippen molar-refractivity contribution in [2.24, 2.45) is 0 Å². The van der Waals surface area contributed by atoms with Gasteiger partial charge in [0.25, 0.3) is 0 Å². The molecule has 0 N–H and O–H groups in total. The molecule has 2 heteroatoms. The van der Waals surface area contributed by atoms with Gasteiger partial charge in [-0.25, -0.2) is 4.79 Å². The summed E-state index contributed by atoms with van der Waals surface area (Å²) < 4.78 is 5.86. The second kappa shape index (κ2) is 6.07. The molecule has 0 atom stereocenters. The Balaban J connectivity index is 1.96. The van der Waals surface area contributed by atoms with E-state index >= 15 is 0 Å². The molecular weight excluding hydrogens is 344 g/mol. The molecule has 0 radical (unpaired) electrons. The molecule has 1 heterocycles. The van der Waals surface area contributed by atoms with Crippen molar-refractivity contribution in [3.63, 3.8) is 0 Å². The first kappa shape index (κ1) is 16.8. The average molecular weight is 364 g/mol. The molecule has 0 aliphatic rings. The highest BCUT2D eigenvalue weighted by Gasteiger charge is 2.17. The number of fused-ring (bicyclic) bond motifs is 4. The van der Waals surface area contributed by atoms with E-state index in [0.29, 0.717) is 11.0 Å². The molecule has 2 nitrogen and oxygen atoms in total. The average Bonchev–Trinajstić information content (AvgIpc) is 2.71. The first-order valence-corrected chi connectivity index (χ1v) is 9.51. The maximum atomic E-state index is 12.7. The van der Waals surface area contributed by atoms with E-state index in [0.717, 1.165) is 38.6 Å². The fourth-order valence-electron chi connectivity index (χ4n) is 4.38. The van der Waals surface area contributed by atoms with E-state index in [2.05, 4.69) is 68.4 Å². The van der Waals surface area contributed by atoms with Gasteiger partial charge in [-0.05, 0) is 59.9 Å². The number of aryl methyl sites for hydroxylation is 3. The minimum Gasteiger partial charge on any atom is -0.422 e. The summed E-state index contributed by atoms with van der Waals surface area (Å²) in [6.07, 6.45) is 0. The van der Waals surface area contributed by atoms with Gasteiger partial charge in [0, 0.05) is 16.3 Å². The zero-order chi connectivity index (χ0) is 19.4. The molecule has 5 aromatic rings. The second-order valence-electron chi connectivity index (χ2n) is 7.48. The lowest BCUT2D eigenvalue weighted by molar-refractivity contribution is 0.567. The zero-order valence-corrected chi connectivity index (χ0v) is 16.2. The third-order valence-electron chi connectivity index (χ3n) is 5.74. The predicted molar refractivity (Wildman–Crippen MR) is 117 cm³/mol. The number of benzene rings is 4. The highest BCUT2D eigenvalue weighted by molar-refractivity contribution is 6.11. The Labute approximate surface area is 163 Å². The summed E-state index contributed by atoms with van der Waals surface area (Å²) in [5.74, 6) is 0. The van der Waals surface area contributed by atoms with Gasteiger partial charge >= 0.3 is 5.63 Å². The Morgan fingerprint density at radius 1 is 0.679 bits per heavy atom. The molecule has 4 aromatic carbocycles. The SMILES string of the molecule is Cc1c(-c2cccc3ccccc23)cc(C)c2c1oc(=O)c1cccc(C)c12. The van der Waals surface area contributed by atoms with Crippen LogP contribution in [0, 0.1) is 20.8 Å². The van der Waals surface area contributed by atoms with Crippen molar-refractivity contribution in [1.82, 2.24) is 0 Å². The van der Waals surface area contributed by atoms with Crippen LogP contribution in [0.5, 0.6) is 0 Å². The minimum atomic E-state index is -0.274. The van der Waals surface area contributed by atoms with Gasteiger partial charge in [-0.15, -0.1) is 0 Å². The van der Waals surface area contributed by atoms with Crippen molar-refractivity contribution in [2.45, 2.75) is 20.8 Å². The molecular formula is C26H20O2. The van der Waals surface area contributed by atoms with Crippen LogP contribution in [0.25, 0.3) is 43.6 Å². The van der Waals surface area contributed by atoms with Crippen LogP contribution in [0.4, 0.5) is 0 Å². The van der Waals surface area contributed by atoms with Crippen LogP contribution in [0.1, 0.15) is 16.7 Å². The molecule has 0 aliphatic heterocycles. The van der Waals surface area contributed by atoms with Gasteiger partial charge in [0.2, 0.25) is 0 Å². The third-order valence-corrected chi connectivity index (χ3v) is 5.74. The van der Waals surface area contributed by atoms with Crippen molar-refractivity contribution in [2.75, 3.05) is 0 Å². The van der Waals surface area contributed by atoms with Crippen LogP contribution < -0.4 is 5.63 Å². The quantitative estimate of drug-likeness (QED) is 0.245. The molecule has 0 saturated heterocycles. The Bertz CT molecular complexity index is 1450. The van der Waals surface area contributed by atoms with Crippen molar-refractivity contribution in [3.8, 4) is 11.1 Å². The molecule has 0 amide bonds. The fraction of sp³-hybridized carbons (Fsp3) is 0.115. The summed E-state index contributed by atoms with van der Waals surface area (Å²) in [4.78, 5) is 12.7. The van der Waals surface area contributed by atoms with E-state index < -0.39 is 0 Å². The van der Waals surface area contributed by atoms with Crippen molar-refractivity contribution < 1.29 is 4.42 Å². The molecule has 0 saturated carbocycles. The minimum absolute atomic E-state index is 0.274. The lowest BCUT2D eigenvalue weighted by Crippen LogP contribution is -2.03. The maximum absolute atomic E-state index is 12.7. The first-order valence-electron chi connectivity index (χ1n) is 9.51. The van der Waals surface area contributed by atoms with Gasteiger partial charge in [0.15, 0.2) is 0 Å². The molecule has 0 fully saturated rings. The van der Waals surface area contributed by atoms with E-state index in [9.17, 15) is 4.79 Å². The van der Waals surface area contributed by atoms with Crippen molar-refractivity contribution in [3.05, 3.63) is 93.8 Å². The Hall–Kier alpha value is -3.39. The normalized spacial score (nSPS) is 11.5. The predicted octanol–water partition coefficient (Wildman–Crippen LogP) is 6.69. The van der Waals surface area contributed by atoms with Crippen LogP contribution >= 0.6 is 0 Å². The summed E-state index contributed by atoms with van der Waals surface area (Å²) >= 11 is 0. The fourth-order valence-corrected chi connectivity index (χ4v) is 4.38. The summed E-state index contributed by atoms with van der Waals surface area (Å²) in [6.45, 7) is 6.20. The van der Waals surface area contributed by atoms with Crippen molar-refractivity contribution in [1.29, 1.82) is 0 Å². The molecule has 1 aromatic heterocycles. The number of rotatable bonds is 1.